The van der Waals surface area contributed by atoms with Crippen molar-refractivity contribution < 1.29 is 28.5 Å². The molecule has 0 saturated heterocycles. The second-order valence-corrected chi connectivity index (χ2v) is 6.76. The maximum Gasteiger partial charge on any atom is 0.351 e. The van der Waals surface area contributed by atoms with Gasteiger partial charge in [0.25, 0.3) is 0 Å². The first-order valence-electron chi connectivity index (χ1n) is 9.44. The number of ketones is 1. The number of fused-ring (bicyclic) bond motifs is 1. The molecule has 0 aliphatic carbocycles. The fraction of sp³-hybridized carbons (Fsp3) is 0.125. The molecule has 3 aromatic rings. The normalized spacial score (nSPS) is 13.5. The first kappa shape index (κ1) is 20.2. The number of allylic oxidation sites excluding steroid dienone is 1. The number of nitrogens with zero attached hydrogens (tertiary/aromatic N) is 1. The van der Waals surface area contributed by atoms with E-state index in [0.717, 1.165) is 5.56 Å². The van der Waals surface area contributed by atoms with E-state index in [4.69, 9.17) is 18.9 Å². The number of esters is 1. The number of hydrogen-bond donors (Lipinski definition) is 0. The van der Waals surface area contributed by atoms with Crippen LogP contribution in [0.25, 0.3) is 6.08 Å². The van der Waals surface area contributed by atoms with Crippen LogP contribution in [0, 0.1) is 6.92 Å². The SMILES string of the molecule is COc1cccc(OC)c1C(=O)Oc1cc(C)c2c(c1)O/C(=C/c1ccncc1)C2=O. The summed E-state index contributed by atoms with van der Waals surface area (Å²) in [4.78, 5) is 29.6. The molecule has 4 rings (SSSR count). The van der Waals surface area contributed by atoms with Crippen LogP contribution in [0.2, 0.25) is 0 Å². The number of methoxy groups -OCH3 is 2. The second-order valence-electron chi connectivity index (χ2n) is 6.76. The lowest BCUT2D eigenvalue weighted by atomic mass is 10.0. The molecule has 1 aliphatic heterocycles. The number of pyridine rings is 1. The van der Waals surface area contributed by atoms with Crippen molar-refractivity contribution in [2.75, 3.05) is 14.2 Å². The number of Topliss-reactive ketones (excluding diaryl/α,β-unsaturated/α-hetero) is 1. The molecule has 0 spiro atoms. The average molecular weight is 417 g/mol. The first-order chi connectivity index (χ1) is 15.0. The van der Waals surface area contributed by atoms with Crippen LogP contribution in [0.3, 0.4) is 0 Å². The molecule has 2 aromatic carbocycles. The summed E-state index contributed by atoms with van der Waals surface area (Å²) in [5.74, 6) is 0.554. The van der Waals surface area contributed by atoms with Crippen molar-refractivity contribution in [1.82, 2.24) is 4.98 Å². The van der Waals surface area contributed by atoms with E-state index in [1.807, 2.05) is 0 Å². The molecule has 7 heteroatoms. The van der Waals surface area contributed by atoms with Crippen LogP contribution in [0.4, 0.5) is 0 Å². The maximum absolute atomic E-state index is 12.8. The standard InChI is InChI=1S/C24H19NO6/c1-14-11-16(30-24(27)22-17(28-2)5-4-6-18(22)29-3)13-19-21(14)23(26)20(31-19)12-15-7-9-25-10-8-15/h4-13H,1-3H3/b20-12+. The van der Waals surface area contributed by atoms with Gasteiger partial charge in [0.15, 0.2) is 5.76 Å². The Kier molecular flexibility index (Phi) is 5.41. The van der Waals surface area contributed by atoms with E-state index in [2.05, 4.69) is 4.98 Å². The van der Waals surface area contributed by atoms with Gasteiger partial charge < -0.3 is 18.9 Å². The number of hydrogen-bond acceptors (Lipinski definition) is 7. The van der Waals surface area contributed by atoms with Crippen LogP contribution < -0.4 is 18.9 Å². The lowest BCUT2D eigenvalue weighted by Gasteiger charge is -2.13. The van der Waals surface area contributed by atoms with Crippen molar-refractivity contribution in [3.8, 4) is 23.0 Å². The van der Waals surface area contributed by atoms with Gasteiger partial charge in [-0.3, -0.25) is 9.78 Å². The van der Waals surface area contributed by atoms with Gasteiger partial charge in [-0.25, -0.2) is 4.79 Å². The number of rotatable bonds is 5. The van der Waals surface area contributed by atoms with Gasteiger partial charge in [-0.2, -0.15) is 0 Å². The molecule has 1 aliphatic rings. The number of aromatic nitrogens is 1. The summed E-state index contributed by atoms with van der Waals surface area (Å²) in [7, 11) is 2.92. The molecular formula is C24H19NO6. The molecule has 0 radical (unpaired) electrons. The fourth-order valence-electron chi connectivity index (χ4n) is 3.36. The first-order valence-corrected chi connectivity index (χ1v) is 9.44. The Morgan fingerprint density at radius 2 is 1.71 bits per heavy atom. The zero-order valence-electron chi connectivity index (χ0n) is 17.2. The van der Waals surface area contributed by atoms with Gasteiger partial charge in [-0.05, 0) is 54.5 Å². The van der Waals surface area contributed by atoms with Crippen LogP contribution in [0.1, 0.15) is 31.8 Å². The third-order valence-corrected chi connectivity index (χ3v) is 4.79. The van der Waals surface area contributed by atoms with Crippen molar-refractivity contribution >= 4 is 17.8 Å². The summed E-state index contributed by atoms with van der Waals surface area (Å²) >= 11 is 0. The molecule has 0 bridgehead atoms. The Hall–Kier alpha value is -4.13. The number of aryl methyl sites for hydroxylation is 1. The number of carbonyl (C=O) groups is 2. The molecule has 0 unspecified atom stereocenters. The van der Waals surface area contributed by atoms with Gasteiger partial charge in [0.05, 0.1) is 19.8 Å². The molecular weight excluding hydrogens is 398 g/mol. The molecule has 0 N–H and O–H groups in total. The van der Waals surface area contributed by atoms with Gasteiger partial charge in [0.1, 0.15) is 28.6 Å². The van der Waals surface area contributed by atoms with Crippen molar-refractivity contribution in [2.24, 2.45) is 0 Å². The Balaban J connectivity index is 1.64. The lowest BCUT2D eigenvalue weighted by Crippen LogP contribution is -2.12. The zero-order valence-corrected chi connectivity index (χ0v) is 17.2. The van der Waals surface area contributed by atoms with Crippen molar-refractivity contribution in [3.63, 3.8) is 0 Å². The summed E-state index contributed by atoms with van der Waals surface area (Å²) in [6, 6.07) is 11.7. The molecule has 1 aromatic heterocycles. The van der Waals surface area contributed by atoms with Gasteiger partial charge in [0, 0.05) is 18.5 Å². The molecule has 0 amide bonds. The van der Waals surface area contributed by atoms with E-state index in [1.165, 1.54) is 20.3 Å². The minimum atomic E-state index is -0.648. The monoisotopic (exact) mass is 417 g/mol. The lowest BCUT2D eigenvalue weighted by molar-refractivity contribution is 0.0727. The molecule has 0 fully saturated rings. The van der Waals surface area contributed by atoms with Crippen LogP contribution in [0.5, 0.6) is 23.0 Å². The van der Waals surface area contributed by atoms with Crippen LogP contribution in [-0.4, -0.2) is 31.0 Å². The van der Waals surface area contributed by atoms with Gasteiger partial charge >= 0.3 is 5.97 Å². The minimum Gasteiger partial charge on any atom is -0.496 e. The van der Waals surface area contributed by atoms with Gasteiger partial charge in [0.2, 0.25) is 5.78 Å². The van der Waals surface area contributed by atoms with E-state index in [9.17, 15) is 9.59 Å². The molecule has 0 atom stereocenters. The average Bonchev–Trinajstić information content (AvgIpc) is 3.09. The summed E-state index contributed by atoms with van der Waals surface area (Å²) < 4.78 is 21.9. The van der Waals surface area contributed by atoms with Crippen molar-refractivity contribution in [1.29, 1.82) is 0 Å². The topological polar surface area (TPSA) is 84.0 Å². The third kappa shape index (κ3) is 3.85. The summed E-state index contributed by atoms with van der Waals surface area (Å²) in [5.41, 5.74) is 2.03. The Labute approximate surface area is 178 Å². The number of benzene rings is 2. The predicted octanol–water partition coefficient (Wildman–Crippen LogP) is 4.24. The highest BCUT2D eigenvalue weighted by atomic mass is 16.5. The van der Waals surface area contributed by atoms with E-state index in [1.54, 1.807) is 61.8 Å². The van der Waals surface area contributed by atoms with E-state index in [0.29, 0.717) is 28.4 Å². The maximum atomic E-state index is 12.8. The van der Waals surface area contributed by atoms with Crippen LogP contribution >= 0.6 is 0 Å². The molecule has 0 saturated carbocycles. The van der Waals surface area contributed by atoms with Crippen molar-refractivity contribution in [3.05, 3.63) is 82.9 Å². The Morgan fingerprint density at radius 1 is 1.03 bits per heavy atom. The number of carbonyl (C=O) groups excluding carboxylic acids is 2. The highest BCUT2D eigenvalue weighted by molar-refractivity contribution is 6.15. The summed E-state index contributed by atoms with van der Waals surface area (Å²) in [5, 5.41) is 0. The van der Waals surface area contributed by atoms with Gasteiger partial charge in [-0.1, -0.05) is 6.07 Å². The Morgan fingerprint density at radius 3 is 2.35 bits per heavy atom. The van der Waals surface area contributed by atoms with E-state index < -0.39 is 5.97 Å². The van der Waals surface area contributed by atoms with E-state index >= 15 is 0 Å². The molecule has 156 valence electrons. The van der Waals surface area contributed by atoms with Gasteiger partial charge in [-0.15, -0.1) is 0 Å². The van der Waals surface area contributed by atoms with E-state index in [-0.39, 0.29) is 22.9 Å². The fourth-order valence-corrected chi connectivity index (χ4v) is 3.36. The molecule has 7 nitrogen and oxygen atoms in total. The zero-order chi connectivity index (χ0) is 22.0. The van der Waals surface area contributed by atoms with Crippen LogP contribution in [0.15, 0.2) is 60.6 Å². The largest absolute Gasteiger partial charge is 0.496 e. The van der Waals surface area contributed by atoms with Crippen molar-refractivity contribution in [2.45, 2.75) is 6.92 Å². The summed E-state index contributed by atoms with van der Waals surface area (Å²) in [6.45, 7) is 1.76. The highest BCUT2D eigenvalue weighted by Crippen LogP contribution is 2.38. The second kappa shape index (κ2) is 8.31. The summed E-state index contributed by atoms with van der Waals surface area (Å²) in [6.07, 6.45) is 4.91. The molecule has 31 heavy (non-hydrogen) atoms. The predicted molar refractivity (Wildman–Crippen MR) is 113 cm³/mol. The van der Waals surface area contributed by atoms with Crippen LogP contribution in [-0.2, 0) is 0 Å². The minimum absolute atomic E-state index is 0.168. The third-order valence-electron chi connectivity index (χ3n) is 4.79. The number of ether oxygens (including phenoxy) is 4. The highest BCUT2D eigenvalue weighted by Gasteiger charge is 2.30. The smallest absolute Gasteiger partial charge is 0.351 e. The Bertz CT molecular complexity index is 1180. The quantitative estimate of drug-likeness (QED) is 0.349. The molecule has 2 heterocycles.